The third kappa shape index (κ3) is 3.25. The Labute approximate surface area is 118 Å². The maximum absolute atomic E-state index is 11.2. The van der Waals surface area contributed by atoms with Crippen molar-refractivity contribution in [2.75, 3.05) is 0 Å². The van der Waals surface area contributed by atoms with E-state index in [0.29, 0.717) is 16.0 Å². The molecule has 0 N–H and O–H groups in total. The van der Waals surface area contributed by atoms with Crippen molar-refractivity contribution in [2.45, 2.75) is 4.90 Å². The maximum Gasteiger partial charge on any atom is 0.261 e. The fourth-order valence-corrected chi connectivity index (χ4v) is 2.72. The highest BCUT2D eigenvalue weighted by molar-refractivity contribution is 9.10. The van der Waals surface area contributed by atoms with Gasteiger partial charge in [0.2, 0.25) is 0 Å². The SMILES string of the molecule is O=S(=O)(Cl)c1ccc(Oc2ccccc2)c(Br)c1. The molecule has 0 heterocycles. The molecule has 0 aromatic heterocycles. The van der Waals surface area contributed by atoms with Crippen molar-refractivity contribution in [3.63, 3.8) is 0 Å². The summed E-state index contributed by atoms with van der Waals surface area (Å²) in [6.45, 7) is 0. The number of para-hydroxylation sites is 1. The first-order chi connectivity index (χ1) is 8.47. The van der Waals surface area contributed by atoms with Gasteiger partial charge < -0.3 is 4.74 Å². The van der Waals surface area contributed by atoms with E-state index < -0.39 is 9.05 Å². The van der Waals surface area contributed by atoms with Gasteiger partial charge >= 0.3 is 0 Å². The van der Waals surface area contributed by atoms with E-state index in [0.717, 1.165) is 0 Å². The molecular formula is C12H8BrClO3S. The number of ether oxygens (including phenoxy) is 1. The number of hydrogen-bond acceptors (Lipinski definition) is 3. The van der Waals surface area contributed by atoms with E-state index >= 15 is 0 Å². The van der Waals surface area contributed by atoms with E-state index in [2.05, 4.69) is 15.9 Å². The van der Waals surface area contributed by atoms with Gasteiger partial charge in [-0.2, -0.15) is 0 Å². The summed E-state index contributed by atoms with van der Waals surface area (Å²) in [6.07, 6.45) is 0. The van der Waals surface area contributed by atoms with E-state index in [-0.39, 0.29) is 4.90 Å². The first-order valence-electron chi connectivity index (χ1n) is 4.94. The van der Waals surface area contributed by atoms with Crippen LogP contribution < -0.4 is 4.74 Å². The van der Waals surface area contributed by atoms with E-state index in [1.54, 1.807) is 18.2 Å². The molecule has 0 atom stereocenters. The van der Waals surface area contributed by atoms with Crippen LogP contribution in [0.4, 0.5) is 0 Å². The zero-order valence-electron chi connectivity index (χ0n) is 9.01. The predicted octanol–water partition coefficient (Wildman–Crippen LogP) is 4.17. The van der Waals surface area contributed by atoms with Crippen molar-refractivity contribution in [1.29, 1.82) is 0 Å². The Morgan fingerprint density at radius 2 is 1.72 bits per heavy atom. The molecule has 94 valence electrons. The second kappa shape index (κ2) is 5.30. The second-order valence-electron chi connectivity index (χ2n) is 3.45. The van der Waals surface area contributed by atoms with Gasteiger partial charge in [-0.05, 0) is 46.3 Å². The zero-order valence-corrected chi connectivity index (χ0v) is 12.2. The molecule has 2 aromatic carbocycles. The molecule has 0 amide bonds. The summed E-state index contributed by atoms with van der Waals surface area (Å²) in [5.41, 5.74) is 0. The highest BCUT2D eigenvalue weighted by Crippen LogP contribution is 2.32. The Hall–Kier alpha value is -1.04. The zero-order chi connectivity index (χ0) is 13.2. The van der Waals surface area contributed by atoms with Gasteiger partial charge in [0.15, 0.2) is 0 Å². The van der Waals surface area contributed by atoms with Crippen molar-refractivity contribution in [3.8, 4) is 11.5 Å². The molecule has 0 unspecified atom stereocenters. The fourth-order valence-electron chi connectivity index (χ4n) is 1.33. The molecule has 6 heteroatoms. The average Bonchev–Trinajstić information content (AvgIpc) is 2.32. The van der Waals surface area contributed by atoms with Gasteiger partial charge in [0.25, 0.3) is 9.05 Å². The van der Waals surface area contributed by atoms with Crippen LogP contribution in [-0.4, -0.2) is 8.42 Å². The number of halogens is 2. The van der Waals surface area contributed by atoms with Gasteiger partial charge in [-0.3, -0.25) is 0 Å². The fraction of sp³-hybridized carbons (Fsp3) is 0. The third-order valence-electron chi connectivity index (χ3n) is 2.16. The Bertz CT molecular complexity index is 656. The number of hydrogen-bond donors (Lipinski definition) is 0. The van der Waals surface area contributed by atoms with Crippen LogP contribution in [0.2, 0.25) is 0 Å². The van der Waals surface area contributed by atoms with Gasteiger partial charge in [0.1, 0.15) is 11.5 Å². The van der Waals surface area contributed by atoms with E-state index in [1.165, 1.54) is 12.1 Å². The van der Waals surface area contributed by atoms with Crippen LogP contribution in [0, 0.1) is 0 Å². The van der Waals surface area contributed by atoms with Crippen molar-refractivity contribution in [3.05, 3.63) is 53.0 Å². The second-order valence-corrected chi connectivity index (χ2v) is 6.87. The lowest BCUT2D eigenvalue weighted by Crippen LogP contribution is -1.92. The quantitative estimate of drug-likeness (QED) is 0.783. The molecule has 0 saturated heterocycles. The minimum Gasteiger partial charge on any atom is -0.456 e. The smallest absolute Gasteiger partial charge is 0.261 e. The van der Waals surface area contributed by atoms with Gasteiger partial charge in [0, 0.05) is 10.7 Å². The van der Waals surface area contributed by atoms with Crippen LogP contribution in [0.25, 0.3) is 0 Å². The molecule has 0 aliphatic rings. The molecule has 0 saturated carbocycles. The normalized spacial score (nSPS) is 11.2. The van der Waals surface area contributed by atoms with Crippen LogP contribution in [-0.2, 0) is 9.05 Å². The molecule has 2 aromatic rings. The Kier molecular flexibility index (Phi) is 3.94. The highest BCUT2D eigenvalue weighted by atomic mass is 79.9. The molecule has 0 fully saturated rings. The summed E-state index contributed by atoms with van der Waals surface area (Å²) in [4.78, 5) is 0.0245. The standard InChI is InChI=1S/C12H8BrClO3S/c13-11-8-10(18(14,15)16)6-7-12(11)17-9-4-2-1-3-5-9/h1-8H. The molecule has 0 spiro atoms. The van der Waals surface area contributed by atoms with Gasteiger partial charge in [0.05, 0.1) is 9.37 Å². The Morgan fingerprint density at radius 1 is 1.06 bits per heavy atom. The molecule has 0 aliphatic heterocycles. The lowest BCUT2D eigenvalue weighted by Gasteiger charge is -2.08. The first kappa shape index (κ1) is 13.4. The van der Waals surface area contributed by atoms with Crippen LogP contribution >= 0.6 is 26.6 Å². The van der Waals surface area contributed by atoms with Gasteiger partial charge in [-0.1, -0.05) is 18.2 Å². The van der Waals surface area contributed by atoms with Crippen LogP contribution in [0.5, 0.6) is 11.5 Å². The summed E-state index contributed by atoms with van der Waals surface area (Å²) in [6, 6.07) is 13.5. The summed E-state index contributed by atoms with van der Waals surface area (Å²) < 4.78 is 28.4. The summed E-state index contributed by atoms with van der Waals surface area (Å²) >= 11 is 3.25. The molecule has 0 bridgehead atoms. The number of rotatable bonds is 3. The van der Waals surface area contributed by atoms with Crippen molar-refractivity contribution in [1.82, 2.24) is 0 Å². The average molecular weight is 348 g/mol. The lowest BCUT2D eigenvalue weighted by molar-refractivity contribution is 0.479. The van der Waals surface area contributed by atoms with Crippen LogP contribution in [0.1, 0.15) is 0 Å². The Balaban J connectivity index is 2.32. The van der Waals surface area contributed by atoms with Crippen molar-refractivity contribution < 1.29 is 13.2 Å². The maximum atomic E-state index is 11.2. The monoisotopic (exact) mass is 346 g/mol. The first-order valence-corrected chi connectivity index (χ1v) is 8.04. The van der Waals surface area contributed by atoms with E-state index in [9.17, 15) is 8.42 Å². The van der Waals surface area contributed by atoms with Crippen molar-refractivity contribution in [2.24, 2.45) is 0 Å². The van der Waals surface area contributed by atoms with Gasteiger partial charge in [-0.25, -0.2) is 8.42 Å². The predicted molar refractivity (Wildman–Crippen MR) is 73.7 cm³/mol. The summed E-state index contributed by atoms with van der Waals surface area (Å²) in [5.74, 6) is 1.19. The molecule has 0 radical (unpaired) electrons. The largest absolute Gasteiger partial charge is 0.456 e. The third-order valence-corrected chi connectivity index (χ3v) is 4.13. The minimum absolute atomic E-state index is 0.0245. The molecule has 18 heavy (non-hydrogen) atoms. The molecule has 3 nitrogen and oxygen atoms in total. The lowest BCUT2D eigenvalue weighted by atomic mass is 10.3. The number of benzene rings is 2. The highest BCUT2D eigenvalue weighted by Gasteiger charge is 2.12. The van der Waals surface area contributed by atoms with Crippen LogP contribution in [0.3, 0.4) is 0 Å². The van der Waals surface area contributed by atoms with Gasteiger partial charge in [-0.15, -0.1) is 0 Å². The Morgan fingerprint density at radius 3 is 2.28 bits per heavy atom. The van der Waals surface area contributed by atoms with E-state index in [1.807, 2.05) is 18.2 Å². The van der Waals surface area contributed by atoms with E-state index in [4.69, 9.17) is 15.4 Å². The topological polar surface area (TPSA) is 43.4 Å². The van der Waals surface area contributed by atoms with Crippen LogP contribution in [0.15, 0.2) is 57.9 Å². The minimum atomic E-state index is -3.73. The van der Waals surface area contributed by atoms with Crippen molar-refractivity contribution >= 4 is 35.7 Å². The summed E-state index contributed by atoms with van der Waals surface area (Å²) in [5, 5.41) is 0. The summed E-state index contributed by atoms with van der Waals surface area (Å²) in [7, 11) is 1.53. The molecule has 0 aliphatic carbocycles. The molecule has 2 rings (SSSR count). The molecular weight excluding hydrogens is 340 g/mol.